The Balaban J connectivity index is 1.73. The predicted molar refractivity (Wildman–Crippen MR) is 149 cm³/mol. The highest BCUT2D eigenvalue weighted by Gasteiger charge is 2.47. The topological polar surface area (TPSA) is 85.2 Å². The molecular weight excluding hydrogens is 537 g/mol. The summed E-state index contributed by atoms with van der Waals surface area (Å²) < 4.78 is 38.7. The monoisotopic (exact) mass is 565 g/mol. The van der Waals surface area contributed by atoms with Gasteiger partial charge in [0, 0.05) is 6.20 Å². The molecule has 0 aliphatic rings. The van der Waals surface area contributed by atoms with E-state index in [2.05, 4.69) is 0 Å². The number of phosphoric acid groups is 1. The van der Waals surface area contributed by atoms with Gasteiger partial charge in [-0.15, -0.1) is 0 Å². The van der Waals surface area contributed by atoms with Gasteiger partial charge >= 0.3 is 13.8 Å². The van der Waals surface area contributed by atoms with Gasteiger partial charge in [0.15, 0.2) is 0 Å². The molecule has 4 aromatic rings. The number of benzene rings is 3. The fraction of sp³-hybridized carbons (Fsp3) is 0.172. The number of aromatic nitrogens is 1. The number of hydrogen-bond donors (Lipinski definition) is 0. The molecule has 1 unspecified atom stereocenters. The second-order valence-electron chi connectivity index (χ2n) is 8.93. The number of hydrogen-bond acceptors (Lipinski definition) is 8. The first-order valence-electron chi connectivity index (χ1n) is 12.0. The summed E-state index contributed by atoms with van der Waals surface area (Å²) in [6.45, 7) is 3.23. The van der Waals surface area contributed by atoms with Crippen molar-refractivity contribution in [1.82, 2.24) is 4.73 Å². The van der Waals surface area contributed by atoms with Crippen molar-refractivity contribution in [3.05, 3.63) is 120 Å². The lowest BCUT2D eigenvalue weighted by atomic mass is 9.85. The van der Waals surface area contributed by atoms with Gasteiger partial charge in [0.1, 0.15) is 27.8 Å². The lowest BCUT2D eigenvalue weighted by molar-refractivity contribution is -0.151. The summed E-state index contributed by atoms with van der Waals surface area (Å²) in [4.78, 5) is 19.3. The van der Waals surface area contributed by atoms with Crippen LogP contribution < -0.4 is 18.6 Å². The Bertz CT molecular complexity index is 1450. The molecule has 0 N–H and O–H groups in total. The predicted octanol–water partition coefficient (Wildman–Crippen LogP) is 7.03. The van der Waals surface area contributed by atoms with Crippen molar-refractivity contribution in [1.29, 1.82) is 0 Å². The number of phosphoric ester groups is 1. The summed E-state index contributed by atoms with van der Waals surface area (Å²) in [7, 11) is -2.82. The number of nitrogens with zero attached hydrogens (tertiary/aromatic N) is 1. The van der Waals surface area contributed by atoms with E-state index in [1.165, 1.54) is 10.9 Å². The Labute approximate surface area is 232 Å². The zero-order chi connectivity index (χ0) is 27.9. The first-order valence-corrected chi connectivity index (χ1v) is 13.9. The Morgan fingerprint density at radius 2 is 1.33 bits per heavy atom. The van der Waals surface area contributed by atoms with Crippen molar-refractivity contribution in [2.24, 2.45) is 0 Å². The van der Waals surface area contributed by atoms with Crippen molar-refractivity contribution >= 4 is 26.0 Å². The van der Waals surface area contributed by atoms with Crippen LogP contribution in [0.25, 0.3) is 0 Å². The number of carbonyl (C=O) groups is 1. The van der Waals surface area contributed by atoms with Crippen molar-refractivity contribution in [3.8, 4) is 17.2 Å². The molecule has 0 saturated carbocycles. The molecular formula is C29H28NO7PS. The van der Waals surface area contributed by atoms with Gasteiger partial charge in [-0.25, -0.2) is 9.36 Å². The van der Waals surface area contributed by atoms with Crippen LogP contribution in [0.1, 0.15) is 25.3 Å². The zero-order valence-corrected chi connectivity index (χ0v) is 23.3. The number of ether oxygens (including phenoxy) is 1. The van der Waals surface area contributed by atoms with Crippen LogP contribution in [-0.4, -0.2) is 23.4 Å². The molecule has 3 aromatic carbocycles. The van der Waals surface area contributed by atoms with Gasteiger partial charge in [0.05, 0.1) is 12.7 Å². The van der Waals surface area contributed by atoms with Crippen LogP contribution in [0.2, 0.25) is 0 Å². The van der Waals surface area contributed by atoms with E-state index in [4.69, 9.17) is 35.4 Å². The summed E-state index contributed by atoms with van der Waals surface area (Å²) in [6.07, 6.45) is 1.53. The Kier molecular flexibility index (Phi) is 8.86. The van der Waals surface area contributed by atoms with Crippen molar-refractivity contribution in [3.63, 3.8) is 0 Å². The van der Waals surface area contributed by atoms with Gasteiger partial charge in [-0.1, -0.05) is 66.8 Å². The maximum absolute atomic E-state index is 14.2. The molecule has 8 nitrogen and oxygen atoms in total. The molecule has 4 rings (SSSR count). The molecule has 0 aliphatic heterocycles. The van der Waals surface area contributed by atoms with E-state index in [1.807, 2.05) is 0 Å². The molecule has 0 saturated heterocycles. The average Bonchev–Trinajstić information content (AvgIpc) is 2.91. The molecule has 0 spiro atoms. The van der Waals surface area contributed by atoms with Crippen LogP contribution in [0.3, 0.4) is 0 Å². The number of pyridine rings is 1. The highest BCUT2D eigenvalue weighted by atomic mass is 32.1. The van der Waals surface area contributed by atoms with Gasteiger partial charge < -0.3 is 18.6 Å². The molecule has 1 atom stereocenters. The van der Waals surface area contributed by atoms with Crippen LogP contribution in [0.4, 0.5) is 0 Å². The maximum Gasteiger partial charge on any atom is 0.588 e. The molecule has 39 heavy (non-hydrogen) atoms. The second kappa shape index (κ2) is 12.3. The van der Waals surface area contributed by atoms with E-state index in [1.54, 1.807) is 124 Å². The quantitative estimate of drug-likeness (QED) is 0.142. The minimum absolute atomic E-state index is 0.270. The smallest absolute Gasteiger partial charge is 0.497 e. The maximum atomic E-state index is 14.2. The molecule has 0 amide bonds. The van der Waals surface area contributed by atoms with Gasteiger partial charge in [0.2, 0.25) is 0 Å². The van der Waals surface area contributed by atoms with Crippen LogP contribution in [0, 0.1) is 4.64 Å². The van der Waals surface area contributed by atoms with Gasteiger partial charge in [-0.3, -0.25) is 4.52 Å². The van der Waals surface area contributed by atoms with Crippen LogP contribution in [-0.2, 0) is 13.9 Å². The van der Waals surface area contributed by atoms with Crippen LogP contribution >= 0.6 is 20.0 Å². The number of methoxy groups -OCH3 is 1. The number of rotatable bonds is 11. The minimum atomic E-state index is -4.37. The SMILES string of the molecule is COc1ccc(C(C(=O)On2ccccc2=S)C(C)(C)OP(=O)(Oc2ccccc2)Oc2ccccc2)cc1. The Morgan fingerprint density at radius 1 is 0.795 bits per heavy atom. The van der Waals surface area contributed by atoms with E-state index in [0.717, 1.165) is 0 Å². The van der Waals surface area contributed by atoms with E-state index >= 15 is 0 Å². The molecule has 1 aromatic heterocycles. The van der Waals surface area contributed by atoms with Gasteiger partial charge in [-0.2, -0.15) is 4.73 Å². The fourth-order valence-electron chi connectivity index (χ4n) is 3.87. The third-order valence-corrected chi connectivity index (χ3v) is 7.50. The average molecular weight is 566 g/mol. The Hall–Kier alpha value is -3.91. The van der Waals surface area contributed by atoms with Crippen LogP contribution in [0.5, 0.6) is 17.2 Å². The first-order chi connectivity index (χ1) is 18.7. The fourth-order valence-corrected chi connectivity index (χ4v) is 5.60. The lowest BCUT2D eigenvalue weighted by Gasteiger charge is -2.34. The van der Waals surface area contributed by atoms with Crippen molar-refractivity contribution < 1.29 is 32.5 Å². The standard InChI is InChI=1S/C29H28NO7PS/c1-29(2,37-38(32,35-24-12-6-4-7-13-24)36-25-14-8-5-9-15-25)27(22-17-19-23(33-3)20-18-22)28(31)34-30-21-11-10-16-26(30)39/h4-21,27H,1-3H3. The molecule has 0 bridgehead atoms. The third-order valence-electron chi connectivity index (χ3n) is 5.62. The second-order valence-corrected chi connectivity index (χ2v) is 10.8. The number of para-hydroxylation sites is 2. The highest BCUT2D eigenvalue weighted by Crippen LogP contribution is 2.54. The van der Waals surface area contributed by atoms with E-state index in [9.17, 15) is 9.36 Å². The van der Waals surface area contributed by atoms with E-state index < -0.39 is 25.3 Å². The zero-order valence-electron chi connectivity index (χ0n) is 21.6. The molecule has 0 radical (unpaired) electrons. The summed E-state index contributed by atoms with van der Waals surface area (Å²) in [6, 6.07) is 28.9. The molecule has 10 heteroatoms. The Morgan fingerprint density at radius 3 is 1.85 bits per heavy atom. The summed E-state index contributed by atoms with van der Waals surface area (Å²) >= 11 is 5.29. The third kappa shape index (κ3) is 7.35. The summed E-state index contributed by atoms with van der Waals surface area (Å²) in [5.41, 5.74) is -0.943. The van der Waals surface area contributed by atoms with Gasteiger partial charge in [-0.05, 0) is 67.9 Å². The van der Waals surface area contributed by atoms with Crippen LogP contribution in [0.15, 0.2) is 109 Å². The molecule has 202 valence electrons. The van der Waals surface area contributed by atoms with E-state index in [0.29, 0.717) is 16.0 Å². The largest absolute Gasteiger partial charge is 0.588 e. The highest BCUT2D eigenvalue weighted by molar-refractivity contribution is 7.71. The van der Waals surface area contributed by atoms with E-state index in [-0.39, 0.29) is 11.5 Å². The first kappa shape index (κ1) is 28.1. The summed E-state index contributed by atoms with van der Waals surface area (Å²) in [5.74, 6) is -0.644. The van der Waals surface area contributed by atoms with Gasteiger partial charge in [0.25, 0.3) is 0 Å². The minimum Gasteiger partial charge on any atom is -0.497 e. The number of carbonyl (C=O) groups excluding carboxylic acids is 1. The normalized spacial score (nSPS) is 12.3. The molecule has 1 heterocycles. The molecule has 0 fully saturated rings. The van der Waals surface area contributed by atoms with Crippen molar-refractivity contribution in [2.75, 3.05) is 7.11 Å². The summed E-state index contributed by atoms with van der Waals surface area (Å²) in [5, 5.41) is 0. The molecule has 0 aliphatic carbocycles. The lowest BCUT2D eigenvalue weighted by Crippen LogP contribution is -2.41. The van der Waals surface area contributed by atoms with Crippen molar-refractivity contribution in [2.45, 2.75) is 25.4 Å².